The second-order valence-corrected chi connectivity index (χ2v) is 5.42. The minimum Gasteiger partial charge on any atom is -0.508 e. The summed E-state index contributed by atoms with van der Waals surface area (Å²) in [6.45, 7) is 1.11. The quantitative estimate of drug-likeness (QED) is 0.766. The molecule has 4 nitrogen and oxygen atoms in total. The fraction of sp³-hybridized carbons (Fsp3) is 0.235. The number of phenols is 1. The molecule has 0 aromatic heterocycles. The van der Waals surface area contributed by atoms with Crippen molar-refractivity contribution in [2.24, 2.45) is 0 Å². The van der Waals surface area contributed by atoms with E-state index in [2.05, 4.69) is 10.6 Å². The van der Waals surface area contributed by atoms with Gasteiger partial charge in [-0.15, -0.1) is 0 Å². The zero-order valence-corrected chi connectivity index (χ0v) is 12.9. The Morgan fingerprint density at radius 3 is 2.23 bits per heavy atom. The molecule has 0 spiro atoms. The first-order valence-electron chi connectivity index (χ1n) is 7.17. The van der Waals surface area contributed by atoms with Gasteiger partial charge in [0, 0.05) is 18.1 Å². The average Bonchev–Trinajstić information content (AvgIpc) is 2.49. The van der Waals surface area contributed by atoms with Crippen LogP contribution in [0, 0.1) is 0 Å². The van der Waals surface area contributed by atoms with Gasteiger partial charge in [0.1, 0.15) is 5.75 Å². The van der Waals surface area contributed by atoms with Gasteiger partial charge in [-0.05, 0) is 48.2 Å². The lowest BCUT2D eigenvalue weighted by Gasteiger charge is -2.08. The van der Waals surface area contributed by atoms with Crippen molar-refractivity contribution >= 4 is 17.6 Å². The molecule has 2 aromatic carbocycles. The number of hydrogen-bond donors (Lipinski definition) is 3. The number of benzene rings is 2. The molecule has 0 aliphatic heterocycles. The van der Waals surface area contributed by atoms with Gasteiger partial charge in [-0.3, -0.25) is 0 Å². The first kappa shape index (κ1) is 16.2. The summed E-state index contributed by atoms with van der Waals surface area (Å²) < 4.78 is 0. The van der Waals surface area contributed by atoms with E-state index in [1.807, 2.05) is 36.4 Å². The maximum atomic E-state index is 11.7. The molecule has 0 fully saturated rings. The molecule has 2 aromatic rings. The predicted octanol–water partition coefficient (Wildman–Crippen LogP) is 3.13. The van der Waals surface area contributed by atoms with Crippen LogP contribution in [0.15, 0.2) is 48.5 Å². The highest BCUT2D eigenvalue weighted by Gasteiger charge is 2.00. The predicted molar refractivity (Wildman–Crippen MR) is 88.4 cm³/mol. The second kappa shape index (κ2) is 8.29. The molecule has 22 heavy (non-hydrogen) atoms. The molecule has 0 aliphatic rings. The number of carbonyl (C=O) groups is 1. The molecule has 2 rings (SSSR count). The number of urea groups is 1. The number of phenolic OH excluding ortho intramolecular Hbond substituents is 1. The van der Waals surface area contributed by atoms with Crippen molar-refractivity contribution < 1.29 is 9.90 Å². The number of nitrogens with one attached hydrogen (secondary N) is 2. The Morgan fingerprint density at radius 1 is 0.955 bits per heavy atom. The molecule has 0 saturated carbocycles. The number of halogens is 1. The van der Waals surface area contributed by atoms with E-state index >= 15 is 0 Å². The van der Waals surface area contributed by atoms with Gasteiger partial charge in [0.2, 0.25) is 0 Å². The summed E-state index contributed by atoms with van der Waals surface area (Å²) in [5.41, 5.74) is 2.16. The molecule has 0 aliphatic carbocycles. The van der Waals surface area contributed by atoms with E-state index in [1.165, 1.54) is 0 Å². The van der Waals surface area contributed by atoms with Gasteiger partial charge in [-0.1, -0.05) is 35.9 Å². The molecule has 0 saturated heterocycles. The number of carbonyl (C=O) groups excluding carboxylic acids is 1. The second-order valence-electron chi connectivity index (χ2n) is 4.98. The molecule has 0 atom stereocenters. The minimum absolute atomic E-state index is 0.180. The Kier molecular flexibility index (Phi) is 6.10. The fourth-order valence-electron chi connectivity index (χ4n) is 2.06. The molecular weight excluding hydrogens is 300 g/mol. The SMILES string of the molecule is O=C(NCCc1ccc(O)cc1)NCCc1cccc(Cl)c1. The molecule has 0 radical (unpaired) electrons. The number of amides is 2. The standard InChI is InChI=1S/C17H19ClN2O2/c18-15-3-1-2-14(12-15)9-11-20-17(22)19-10-8-13-4-6-16(21)7-5-13/h1-7,12,21H,8-11H2,(H2,19,20,22). The molecule has 116 valence electrons. The van der Waals surface area contributed by atoms with Crippen LogP contribution in [0.3, 0.4) is 0 Å². The first-order chi connectivity index (χ1) is 10.6. The van der Waals surface area contributed by atoms with Crippen molar-refractivity contribution in [3.05, 3.63) is 64.7 Å². The molecule has 0 unspecified atom stereocenters. The van der Waals surface area contributed by atoms with Gasteiger partial charge < -0.3 is 15.7 Å². The lowest BCUT2D eigenvalue weighted by Crippen LogP contribution is -2.37. The van der Waals surface area contributed by atoms with Crippen LogP contribution in [0.5, 0.6) is 5.75 Å². The van der Waals surface area contributed by atoms with Crippen molar-refractivity contribution in [1.82, 2.24) is 10.6 Å². The van der Waals surface area contributed by atoms with Crippen molar-refractivity contribution in [1.29, 1.82) is 0 Å². The first-order valence-corrected chi connectivity index (χ1v) is 7.55. The molecule has 3 N–H and O–H groups in total. The Labute approximate surface area is 135 Å². The maximum Gasteiger partial charge on any atom is 0.314 e. The van der Waals surface area contributed by atoms with E-state index in [4.69, 9.17) is 11.6 Å². The highest BCUT2D eigenvalue weighted by molar-refractivity contribution is 6.30. The van der Waals surface area contributed by atoms with Gasteiger partial charge in [-0.25, -0.2) is 4.79 Å². The van der Waals surface area contributed by atoms with Gasteiger partial charge in [0.25, 0.3) is 0 Å². The average molecular weight is 319 g/mol. The Bertz CT molecular complexity index is 614. The monoisotopic (exact) mass is 318 g/mol. The van der Waals surface area contributed by atoms with E-state index in [0.717, 1.165) is 24.0 Å². The third-order valence-electron chi connectivity index (χ3n) is 3.22. The fourth-order valence-corrected chi connectivity index (χ4v) is 2.27. The summed E-state index contributed by atoms with van der Waals surface area (Å²) >= 11 is 5.91. The normalized spacial score (nSPS) is 10.2. The number of rotatable bonds is 6. The Morgan fingerprint density at radius 2 is 1.59 bits per heavy atom. The van der Waals surface area contributed by atoms with Gasteiger partial charge in [0.15, 0.2) is 0 Å². The van der Waals surface area contributed by atoms with Gasteiger partial charge in [-0.2, -0.15) is 0 Å². The van der Waals surface area contributed by atoms with Crippen molar-refractivity contribution in [3.63, 3.8) is 0 Å². The highest BCUT2D eigenvalue weighted by Crippen LogP contribution is 2.11. The van der Waals surface area contributed by atoms with Crippen LogP contribution in [0.1, 0.15) is 11.1 Å². The van der Waals surface area contributed by atoms with Gasteiger partial charge >= 0.3 is 6.03 Å². The summed E-state index contributed by atoms with van der Waals surface area (Å²) in [7, 11) is 0. The van der Waals surface area contributed by atoms with Crippen LogP contribution in [-0.2, 0) is 12.8 Å². The lowest BCUT2D eigenvalue weighted by molar-refractivity contribution is 0.241. The minimum atomic E-state index is -0.180. The van der Waals surface area contributed by atoms with Crippen molar-refractivity contribution in [2.45, 2.75) is 12.8 Å². The Hall–Kier alpha value is -2.20. The molecule has 2 amide bonds. The van der Waals surface area contributed by atoms with E-state index in [1.54, 1.807) is 12.1 Å². The van der Waals surface area contributed by atoms with Crippen LogP contribution in [-0.4, -0.2) is 24.2 Å². The van der Waals surface area contributed by atoms with E-state index in [9.17, 15) is 9.90 Å². The third-order valence-corrected chi connectivity index (χ3v) is 3.46. The maximum absolute atomic E-state index is 11.7. The van der Waals surface area contributed by atoms with Crippen LogP contribution >= 0.6 is 11.6 Å². The van der Waals surface area contributed by atoms with Gasteiger partial charge in [0.05, 0.1) is 0 Å². The lowest BCUT2D eigenvalue weighted by atomic mass is 10.1. The molecule has 0 heterocycles. The summed E-state index contributed by atoms with van der Waals surface area (Å²) in [6.07, 6.45) is 1.47. The summed E-state index contributed by atoms with van der Waals surface area (Å²) in [6, 6.07) is 14.4. The Balaban J connectivity index is 1.62. The van der Waals surface area contributed by atoms with Crippen molar-refractivity contribution in [3.8, 4) is 5.75 Å². The zero-order valence-electron chi connectivity index (χ0n) is 12.2. The third kappa shape index (κ3) is 5.66. The van der Waals surface area contributed by atoms with E-state index in [-0.39, 0.29) is 11.8 Å². The van der Waals surface area contributed by atoms with E-state index in [0.29, 0.717) is 18.1 Å². The summed E-state index contributed by atoms with van der Waals surface area (Å²) in [5, 5.41) is 15.5. The van der Waals surface area contributed by atoms with Crippen LogP contribution < -0.4 is 10.6 Å². The number of hydrogen-bond acceptors (Lipinski definition) is 2. The summed E-state index contributed by atoms with van der Waals surface area (Å²) in [4.78, 5) is 11.7. The van der Waals surface area contributed by atoms with Crippen LogP contribution in [0.25, 0.3) is 0 Å². The van der Waals surface area contributed by atoms with E-state index < -0.39 is 0 Å². The summed E-state index contributed by atoms with van der Waals surface area (Å²) in [5.74, 6) is 0.246. The van der Waals surface area contributed by atoms with Crippen LogP contribution in [0.4, 0.5) is 4.79 Å². The molecular formula is C17H19ClN2O2. The highest BCUT2D eigenvalue weighted by atomic mass is 35.5. The number of aromatic hydroxyl groups is 1. The van der Waals surface area contributed by atoms with Crippen molar-refractivity contribution in [2.75, 3.05) is 13.1 Å². The largest absolute Gasteiger partial charge is 0.508 e. The smallest absolute Gasteiger partial charge is 0.314 e. The zero-order chi connectivity index (χ0) is 15.8. The van der Waals surface area contributed by atoms with Crippen LogP contribution in [0.2, 0.25) is 5.02 Å². The molecule has 5 heteroatoms. The topological polar surface area (TPSA) is 61.4 Å². The molecule has 0 bridgehead atoms.